The Balaban J connectivity index is 1.76. The molecule has 3 nitrogen and oxygen atoms in total. The molecule has 0 saturated heterocycles. The summed E-state index contributed by atoms with van der Waals surface area (Å²) >= 11 is 5.53. The van der Waals surface area contributed by atoms with Crippen LogP contribution in [0.4, 0.5) is 0 Å². The van der Waals surface area contributed by atoms with E-state index in [2.05, 4.69) is 5.32 Å². The molecule has 0 spiro atoms. The van der Waals surface area contributed by atoms with E-state index in [-0.39, 0.29) is 17.8 Å². The summed E-state index contributed by atoms with van der Waals surface area (Å²) in [6.45, 7) is 0. The van der Waals surface area contributed by atoms with Crippen LogP contribution >= 0.6 is 11.6 Å². The Labute approximate surface area is 101 Å². The third-order valence-corrected chi connectivity index (χ3v) is 4.93. The molecular formula is C12H18ClNO2. The average molecular weight is 244 g/mol. The van der Waals surface area contributed by atoms with E-state index in [1.165, 1.54) is 12.8 Å². The van der Waals surface area contributed by atoms with Gasteiger partial charge in [0.15, 0.2) is 0 Å². The lowest BCUT2D eigenvalue weighted by atomic mass is 9.52. The van der Waals surface area contributed by atoms with Crippen LogP contribution in [-0.2, 0) is 4.79 Å². The number of alkyl halides is 1. The van der Waals surface area contributed by atoms with Gasteiger partial charge in [0.25, 0.3) is 0 Å². The van der Waals surface area contributed by atoms with Crippen LogP contribution in [-0.4, -0.2) is 28.5 Å². The highest BCUT2D eigenvalue weighted by molar-refractivity contribution is 6.27. The highest BCUT2D eigenvalue weighted by Crippen LogP contribution is 2.55. The second kappa shape index (κ2) is 3.61. The molecule has 0 aromatic heterocycles. The molecule has 0 radical (unpaired) electrons. The Bertz CT molecular complexity index is 304. The van der Waals surface area contributed by atoms with Gasteiger partial charge in [0.1, 0.15) is 5.88 Å². The summed E-state index contributed by atoms with van der Waals surface area (Å²) in [4.78, 5) is 11.4. The summed E-state index contributed by atoms with van der Waals surface area (Å²) < 4.78 is 0. The van der Waals surface area contributed by atoms with Gasteiger partial charge in [-0.25, -0.2) is 0 Å². The summed E-state index contributed by atoms with van der Waals surface area (Å²) in [5.41, 5.74) is -0.418. The van der Waals surface area contributed by atoms with Crippen LogP contribution in [0.3, 0.4) is 0 Å². The van der Waals surface area contributed by atoms with Crippen LogP contribution in [0.15, 0.2) is 0 Å². The topological polar surface area (TPSA) is 49.3 Å². The minimum absolute atomic E-state index is 0.0453. The van der Waals surface area contributed by atoms with Crippen LogP contribution in [0.25, 0.3) is 0 Å². The maximum Gasteiger partial charge on any atom is 0.235 e. The summed E-state index contributed by atoms with van der Waals surface area (Å²) in [5.74, 6) is 1.62. The first-order valence-electron chi connectivity index (χ1n) is 6.17. The van der Waals surface area contributed by atoms with Crippen molar-refractivity contribution in [3.05, 3.63) is 0 Å². The van der Waals surface area contributed by atoms with E-state index in [9.17, 15) is 9.90 Å². The van der Waals surface area contributed by atoms with E-state index in [1.54, 1.807) is 0 Å². The normalized spacial score (nSPS) is 49.4. The van der Waals surface area contributed by atoms with Crippen molar-refractivity contribution in [2.24, 2.45) is 17.8 Å². The van der Waals surface area contributed by atoms with Crippen LogP contribution in [0.5, 0.6) is 0 Å². The Morgan fingerprint density at radius 3 is 2.44 bits per heavy atom. The first-order chi connectivity index (χ1) is 7.59. The van der Waals surface area contributed by atoms with Gasteiger partial charge >= 0.3 is 0 Å². The predicted octanol–water partition coefficient (Wildman–Crippen LogP) is 1.28. The molecule has 4 bridgehead atoms. The Morgan fingerprint density at radius 2 is 1.94 bits per heavy atom. The van der Waals surface area contributed by atoms with Gasteiger partial charge in [-0.05, 0) is 49.9 Å². The lowest BCUT2D eigenvalue weighted by Gasteiger charge is -2.58. The van der Waals surface area contributed by atoms with E-state index >= 15 is 0 Å². The van der Waals surface area contributed by atoms with Gasteiger partial charge in [0, 0.05) is 6.04 Å². The van der Waals surface area contributed by atoms with Crippen LogP contribution in [0, 0.1) is 17.8 Å². The highest BCUT2D eigenvalue weighted by atomic mass is 35.5. The molecule has 0 aromatic carbocycles. The zero-order valence-corrected chi connectivity index (χ0v) is 10.0. The summed E-state index contributed by atoms with van der Waals surface area (Å²) in [6.07, 6.45) is 5.06. The maximum absolute atomic E-state index is 11.4. The second-order valence-corrected chi connectivity index (χ2v) is 6.19. The second-order valence-electron chi connectivity index (χ2n) is 5.92. The molecule has 2 N–H and O–H groups in total. The number of carbonyl (C=O) groups is 1. The molecule has 1 amide bonds. The van der Waals surface area contributed by atoms with Gasteiger partial charge < -0.3 is 10.4 Å². The Morgan fingerprint density at radius 1 is 1.31 bits per heavy atom. The van der Waals surface area contributed by atoms with Crippen molar-refractivity contribution in [2.75, 3.05) is 5.88 Å². The number of carbonyl (C=O) groups excluding carboxylic acids is 1. The molecule has 0 heterocycles. The summed E-state index contributed by atoms with van der Waals surface area (Å²) in [7, 11) is 0. The monoisotopic (exact) mass is 243 g/mol. The van der Waals surface area contributed by atoms with Crippen molar-refractivity contribution in [3.63, 3.8) is 0 Å². The van der Waals surface area contributed by atoms with Gasteiger partial charge in [-0.3, -0.25) is 4.79 Å². The van der Waals surface area contributed by atoms with Gasteiger partial charge in [0.2, 0.25) is 5.91 Å². The van der Waals surface area contributed by atoms with E-state index in [0.29, 0.717) is 17.8 Å². The number of amides is 1. The molecule has 4 heteroatoms. The first-order valence-corrected chi connectivity index (χ1v) is 6.71. The van der Waals surface area contributed by atoms with Crippen LogP contribution in [0.2, 0.25) is 0 Å². The number of halogens is 1. The molecule has 4 rings (SSSR count). The molecule has 4 aliphatic rings. The number of rotatable bonds is 2. The van der Waals surface area contributed by atoms with Crippen LogP contribution < -0.4 is 5.32 Å². The molecule has 4 fully saturated rings. The largest absolute Gasteiger partial charge is 0.390 e. The number of nitrogens with one attached hydrogen (secondary N) is 1. The van der Waals surface area contributed by atoms with Crippen molar-refractivity contribution in [1.29, 1.82) is 0 Å². The van der Waals surface area contributed by atoms with Crippen molar-refractivity contribution in [1.82, 2.24) is 5.32 Å². The van der Waals surface area contributed by atoms with Crippen molar-refractivity contribution in [3.8, 4) is 0 Å². The smallest absolute Gasteiger partial charge is 0.235 e. The van der Waals surface area contributed by atoms with E-state index in [1.807, 2.05) is 0 Å². The third kappa shape index (κ3) is 1.65. The summed E-state index contributed by atoms with van der Waals surface area (Å²) in [5, 5.41) is 13.4. The zero-order valence-electron chi connectivity index (χ0n) is 9.29. The molecule has 2 atom stereocenters. The molecule has 4 aliphatic carbocycles. The average Bonchev–Trinajstić information content (AvgIpc) is 2.20. The maximum atomic E-state index is 11.4. The molecule has 90 valence electrons. The van der Waals surface area contributed by atoms with Gasteiger partial charge in [-0.15, -0.1) is 11.6 Å². The number of hydrogen-bond donors (Lipinski definition) is 2. The molecule has 4 saturated carbocycles. The lowest BCUT2D eigenvalue weighted by Crippen LogP contribution is -2.61. The van der Waals surface area contributed by atoms with Gasteiger partial charge in [0.05, 0.1) is 5.60 Å². The highest BCUT2D eigenvalue weighted by Gasteiger charge is 2.54. The Hall–Kier alpha value is -0.280. The first kappa shape index (κ1) is 10.8. The van der Waals surface area contributed by atoms with E-state index in [0.717, 1.165) is 19.3 Å². The van der Waals surface area contributed by atoms with E-state index in [4.69, 9.17) is 11.6 Å². The molecule has 2 unspecified atom stereocenters. The molecule has 0 aromatic rings. The predicted molar refractivity (Wildman–Crippen MR) is 61.2 cm³/mol. The lowest BCUT2D eigenvalue weighted by molar-refractivity contribution is -0.145. The minimum Gasteiger partial charge on any atom is -0.390 e. The number of aliphatic hydroxyl groups is 1. The van der Waals surface area contributed by atoms with Crippen molar-refractivity contribution in [2.45, 2.75) is 43.7 Å². The van der Waals surface area contributed by atoms with Crippen molar-refractivity contribution < 1.29 is 9.90 Å². The summed E-state index contributed by atoms with van der Waals surface area (Å²) in [6, 6.07) is 0.267. The molecule has 0 aliphatic heterocycles. The molecule has 16 heavy (non-hydrogen) atoms. The van der Waals surface area contributed by atoms with Crippen molar-refractivity contribution >= 4 is 17.5 Å². The number of hydrogen-bond acceptors (Lipinski definition) is 2. The SMILES string of the molecule is O=C(CCl)NC1C2CC3CC1CC(O)(C3)C2. The van der Waals surface area contributed by atoms with E-state index < -0.39 is 5.60 Å². The standard InChI is InChI=1S/C12H18ClNO2/c13-6-10(15)14-11-8-1-7-2-9(11)5-12(16,3-7)4-8/h7-9,11,16H,1-6H2,(H,14,15). The fourth-order valence-corrected chi connectivity index (χ4v) is 4.52. The zero-order chi connectivity index (χ0) is 11.3. The minimum atomic E-state index is -0.418. The fourth-order valence-electron chi connectivity index (χ4n) is 4.44. The third-order valence-electron chi connectivity index (χ3n) is 4.69. The quantitative estimate of drug-likeness (QED) is 0.718. The van der Waals surface area contributed by atoms with Gasteiger partial charge in [-0.2, -0.15) is 0 Å². The fraction of sp³-hybridized carbons (Fsp3) is 0.917. The van der Waals surface area contributed by atoms with Crippen LogP contribution in [0.1, 0.15) is 32.1 Å². The Kier molecular flexibility index (Phi) is 2.44. The van der Waals surface area contributed by atoms with Gasteiger partial charge in [-0.1, -0.05) is 0 Å². The molecular weight excluding hydrogens is 226 g/mol.